The predicted octanol–water partition coefficient (Wildman–Crippen LogP) is 4.68. The predicted molar refractivity (Wildman–Crippen MR) is 153 cm³/mol. The first-order valence-electron chi connectivity index (χ1n) is 12.2. The normalized spacial score (nSPS) is 11.8. The van der Waals surface area contributed by atoms with E-state index in [1.165, 1.54) is 35.9 Å². The van der Waals surface area contributed by atoms with Crippen molar-refractivity contribution in [3.8, 4) is 22.3 Å². The van der Waals surface area contributed by atoms with Gasteiger partial charge in [0.1, 0.15) is 10.7 Å². The largest absolute Gasteiger partial charge is 0.383 e. The second-order valence-corrected chi connectivity index (χ2v) is 11.4. The SMILES string of the molecule is COCCn1cc(-c2ccccc2)c(-c2cn(C)c(=O)c3c2cc(Cl)n3S(=O)(=O)c2ccc(C)cc2)cc1=O. The summed E-state index contributed by atoms with van der Waals surface area (Å²) in [5.74, 6) is 0. The van der Waals surface area contributed by atoms with Crippen LogP contribution in [0.2, 0.25) is 5.15 Å². The first kappa shape index (κ1) is 26.7. The Kier molecular flexibility index (Phi) is 7.07. The van der Waals surface area contributed by atoms with Gasteiger partial charge in [-0.2, -0.15) is 0 Å². The van der Waals surface area contributed by atoms with Gasteiger partial charge in [-0.25, -0.2) is 12.4 Å². The molecule has 0 aliphatic rings. The summed E-state index contributed by atoms with van der Waals surface area (Å²) >= 11 is 6.54. The quantitative estimate of drug-likeness (QED) is 0.287. The lowest BCUT2D eigenvalue weighted by molar-refractivity contribution is 0.186. The molecule has 0 bridgehead atoms. The van der Waals surface area contributed by atoms with Gasteiger partial charge in [-0.15, -0.1) is 0 Å². The molecule has 3 aromatic heterocycles. The van der Waals surface area contributed by atoms with Gasteiger partial charge in [-0.1, -0.05) is 59.6 Å². The number of fused-ring (bicyclic) bond motifs is 1. The van der Waals surface area contributed by atoms with E-state index in [0.29, 0.717) is 29.7 Å². The topological polar surface area (TPSA) is 92.3 Å². The summed E-state index contributed by atoms with van der Waals surface area (Å²) in [6, 6.07) is 18.8. The van der Waals surface area contributed by atoms with E-state index in [1.807, 2.05) is 37.3 Å². The molecule has 3 heterocycles. The van der Waals surface area contributed by atoms with Crippen LogP contribution in [0.3, 0.4) is 0 Å². The maximum absolute atomic E-state index is 13.7. The Bertz CT molecular complexity index is 1920. The van der Waals surface area contributed by atoms with Crippen molar-refractivity contribution < 1.29 is 13.2 Å². The molecule has 0 amide bonds. The number of methoxy groups -OCH3 is 1. The van der Waals surface area contributed by atoms with E-state index in [-0.39, 0.29) is 21.1 Å². The molecule has 0 spiro atoms. The van der Waals surface area contributed by atoms with E-state index in [4.69, 9.17) is 16.3 Å². The number of pyridine rings is 2. The van der Waals surface area contributed by atoms with Gasteiger partial charge in [0.2, 0.25) is 0 Å². The second-order valence-electron chi connectivity index (χ2n) is 9.26. The number of aromatic nitrogens is 3. The maximum atomic E-state index is 13.7. The zero-order valence-electron chi connectivity index (χ0n) is 21.6. The molecule has 0 aliphatic carbocycles. The van der Waals surface area contributed by atoms with Crippen LogP contribution < -0.4 is 11.1 Å². The number of hydrogen-bond donors (Lipinski definition) is 0. The zero-order chi connectivity index (χ0) is 27.9. The van der Waals surface area contributed by atoms with Crippen LogP contribution in [0, 0.1) is 6.92 Å². The van der Waals surface area contributed by atoms with Gasteiger partial charge in [-0.05, 0) is 36.2 Å². The molecule has 0 atom stereocenters. The van der Waals surface area contributed by atoms with Crippen LogP contribution in [0.5, 0.6) is 0 Å². The van der Waals surface area contributed by atoms with Gasteiger partial charge in [0.25, 0.3) is 21.1 Å². The minimum Gasteiger partial charge on any atom is -0.383 e. The molecule has 0 N–H and O–H groups in total. The average Bonchev–Trinajstić information content (AvgIpc) is 3.28. The maximum Gasteiger partial charge on any atom is 0.275 e. The van der Waals surface area contributed by atoms with Gasteiger partial charge in [0.05, 0.1) is 11.5 Å². The third kappa shape index (κ3) is 4.73. The third-order valence-electron chi connectivity index (χ3n) is 6.65. The molecule has 5 rings (SSSR count). The molecule has 10 heteroatoms. The molecule has 0 saturated heterocycles. The summed E-state index contributed by atoms with van der Waals surface area (Å²) in [5, 5.41) is 0.190. The Morgan fingerprint density at radius 2 is 1.59 bits per heavy atom. The molecule has 0 aliphatic heterocycles. The summed E-state index contributed by atoms with van der Waals surface area (Å²) in [7, 11) is -1.10. The number of nitrogens with zero attached hydrogens (tertiary/aromatic N) is 3. The number of benzene rings is 2. The molecule has 0 unspecified atom stereocenters. The highest BCUT2D eigenvalue weighted by Crippen LogP contribution is 2.37. The Morgan fingerprint density at radius 3 is 2.26 bits per heavy atom. The van der Waals surface area contributed by atoms with Gasteiger partial charge >= 0.3 is 0 Å². The van der Waals surface area contributed by atoms with Crippen LogP contribution in [0.15, 0.2) is 93.6 Å². The summed E-state index contributed by atoms with van der Waals surface area (Å²) in [5.41, 5.74) is 2.62. The van der Waals surface area contributed by atoms with E-state index in [1.54, 1.807) is 36.2 Å². The molecular weight excluding hydrogens is 538 g/mol. The molecular formula is C29H26ClN3O5S. The Morgan fingerprint density at radius 1 is 0.897 bits per heavy atom. The fraction of sp³-hybridized carbons (Fsp3) is 0.172. The molecule has 0 saturated carbocycles. The van der Waals surface area contributed by atoms with Gasteiger partial charge in [0, 0.05) is 55.7 Å². The molecule has 39 heavy (non-hydrogen) atoms. The van der Waals surface area contributed by atoms with Crippen molar-refractivity contribution in [2.45, 2.75) is 18.4 Å². The first-order valence-corrected chi connectivity index (χ1v) is 14.0. The van der Waals surface area contributed by atoms with Crippen molar-refractivity contribution in [2.24, 2.45) is 7.05 Å². The van der Waals surface area contributed by atoms with E-state index >= 15 is 0 Å². The Hall–Kier alpha value is -3.92. The first-order chi connectivity index (χ1) is 18.6. The number of aryl methyl sites for hydroxylation is 2. The van der Waals surface area contributed by atoms with Crippen molar-refractivity contribution in [3.05, 3.63) is 111 Å². The number of ether oxygens (including phenoxy) is 1. The number of hydrogen-bond acceptors (Lipinski definition) is 5. The molecule has 0 radical (unpaired) electrons. The van der Waals surface area contributed by atoms with Crippen molar-refractivity contribution in [1.82, 2.24) is 13.1 Å². The third-order valence-corrected chi connectivity index (χ3v) is 8.75. The van der Waals surface area contributed by atoms with Crippen LogP contribution in [0.25, 0.3) is 33.2 Å². The van der Waals surface area contributed by atoms with Crippen molar-refractivity contribution in [2.75, 3.05) is 13.7 Å². The molecule has 200 valence electrons. The summed E-state index contributed by atoms with van der Waals surface area (Å²) < 4.78 is 36.3. The Labute approximate surface area is 230 Å². The highest BCUT2D eigenvalue weighted by atomic mass is 35.5. The van der Waals surface area contributed by atoms with Crippen molar-refractivity contribution >= 4 is 32.5 Å². The van der Waals surface area contributed by atoms with Crippen LogP contribution >= 0.6 is 11.6 Å². The van der Waals surface area contributed by atoms with E-state index in [9.17, 15) is 18.0 Å². The molecule has 2 aromatic carbocycles. The van der Waals surface area contributed by atoms with Crippen molar-refractivity contribution in [3.63, 3.8) is 0 Å². The van der Waals surface area contributed by atoms with Crippen LogP contribution in [-0.2, 0) is 28.4 Å². The van der Waals surface area contributed by atoms with Crippen LogP contribution in [-0.4, -0.2) is 35.2 Å². The summed E-state index contributed by atoms with van der Waals surface area (Å²) in [6.45, 7) is 2.56. The minimum absolute atomic E-state index is 0.00525. The monoisotopic (exact) mass is 563 g/mol. The summed E-state index contributed by atoms with van der Waals surface area (Å²) in [6.07, 6.45) is 3.36. The highest BCUT2D eigenvalue weighted by Gasteiger charge is 2.27. The van der Waals surface area contributed by atoms with Gasteiger partial charge < -0.3 is 13.9 Å². The second kappa shape index (κ2) is 10.3. The standard InChI is InChI=1S/C29H26ClN3O5S/c1-19-9-11-21(12-10-19)39(36,37)33-26(30)15-23-25(17-31(2)29(35)28(23)33)22-16-27(34)32(13-14-38-3)18-24(22)20-7-5-4-6-8-20/h4-12,15-18H,13-14H2,1-3H3. The number of halogens is 1. The van der Waals surface area contributed by atoms with E-state index in [2.05, 4.69) is 0 Å². The van der Waals surface area contributed by atoms with Gasteiger partial charge in [-0.3, -0.25) is 9.59 Å². The Balaban J connectivity index is 1.84. The van der Waals surface area contributed by atoms with Crippen LogP contribution in [0.4, 0.5) is 0 Å². The summed E-state index contributed by atoms with van der Waals surface area (Å²) in [4.78, 5) is 26.6. The molecule has 5 aromatic rings. The molecule has 0 fully saturated rings. The van der Waals surface area contributed by atoms with Crippen molar-refractivity contribution in [1.29, 1.82) is 0 Å². The lowest BCUT2D eigenvalue weighted by Gasteiger charge is -2.16. The average molecular weight is 564 g/mol. The van der Waals surface area contributed by atoms with Gasteiger partial charge in [0.15, 0.2) is 0 Å². The lowest BCUT2D eigenvalue weighted by Crippen LogP contribution is -2.24. The van der Waals surface area contributed by atoms with E-state index in [0.717, 1.165) is 20.7 Å². The zero-order valence-corrected chi connectivity index (χ0v) is 23.2. The fourth-order valence-corrected chi connectivity index (χ4v) is 6.49. The van der Waals surface area contributed by atoms with Crippen LogP contribution in [0.1, 0.15) is 5.56 Å². The number of rotatable bonds is 7. The minimum atomic E-state index is -4.20. The highest BCUT2D eigenvalue weighted by molar-refractivity contribution is 7.90. The van der Waals surface area contributed by atoms with E-state index < -0.39 is 15.6 Å². The molecule has 8 nitrogen and oxygen atoms in total. The smallest absolute Gasteiger partial charge is 0.275 e. The lowest BCUT2D eigenvalue weighted by atomic mass is 9.95. The fourth-order valence-electron chi connectivity index (χ4n) is 4.63.